The van der Waals surface area contributed by atoms with Crippen LogP contribution in [0.15, 0.2) is 60.7 Å². The third-order valence-electron chi connectivity index (χ3n) is 5.18. The average Bonchev–Trinajstić information content (AvgIpc) is 2.96. The van der Waals surface area contributed by atoms with Crippen molar-refractivity contribution >= 4 is 28.3 Å². The minimum absolute atomic E-state index is 0.0917. The largest absolute Gasteiger partial charge is 0.493 e. The summed E-state index contributed by atoms with van der Waals surface area (Å²) in [4.78, 5) is 26.2. The molecule has 0 aliphatic carbocycles. The summed E-state index contributed by atoms with van der Waals surface area (Å²) in [5.74, 6) is 0.547. The van der Waals surface area contributed by atoms with Crippen LogP contribution < -0.4 is 15.0 Å². The fraction of sp³-hybridized carbons (Fsp3) is 0.250. The van der Waals surface area contributed by atoms with Crippen LogP contribution in [0.4, 0.5) is 5.69 Å². The summed E-state index contributed by atoms with van der Waals surface area (Å²) in [6.45, 7) is 4.46. The van der Waals surface area contributed by atoms with Gasteiger partial charge in [0, 0.05) is 30.1 Å². The minimum atomic E-state index is -0.610. The van der Waals surface area contributed by atoms with Crippen LogP contribution in [0, 0.1) is 6.92 Å². The third kappa shape index (κ3) is 3.81. The number of nitrogens with zero attached hydrogens (tertiary/aromatic N) is 1. The van der Waals surface area contributed by atoms with Crippen LogP contribution in [0.5, 0.6) is 5.75 Å². The summed E-state index contributed by atoms with van der Waals surface area (Å²) in [6, 6.07) is 19.4. The second kappa shape index (κ2) is 7.95. The van der Waals surface area contributed by atoms with E-state index in [4.69, 9.17) is 4.74 Å². The van der Waals surface area contributed by atoms with E-state index in [1.165, 1.54) is 6.92 Å². The Bertz CT molecular complexity index is 1070. The molecule has 4 rings (SSSR count). The number of ether oxygens (including phenoxy) is 1. The zero-order valence-corrected chi connectivity index (χ0v) is 16.6. The van der Waals surface area contributed by atoms with Gasteiger partial charge in [-0.3, -0.25) is 9.59 Å². The maximum Gasteiger partial charge on any atom is 0.254 e. The number of fused-ring (bicyclic) bond motifs is 2. The van der Waals surface area contributed by atoms with E-state index in [1.54, 1.807) is 4.90 Å². The molecule has 5 heteroatoms. The van der Waals surface area contributed by atoms with Crippen LogP contribution in [-0.4, -0.2) is 25.0 Å². The highest BCUT2D eigenvalue weighted by molar-refractivity contribution is 6.06. The van der Waals surface area contributed by atoms with Gasteiger partial charge in [0.15, 0.2) is 0 Å². The standard InChI is InChI=1S/C24H24N2O3/c1-16-11-12-21-20(15-16)23(25-17(2)27)24(28)26(21)13-6-14-29-22-10-5-8-18-7-3-4-9-19(18)22/h3-5,7-12,15,23H,6,13-14H2,1-2H3,(H,25,27)/t23-/m1/s1. The maximum atomic E-state index is 12.9. The second-order valence-electron chi connectivity index (χ2n) is 7.36. The molecule has 0 radical (unpaired) electrons. The number of anilines is 1. The molecule has 0 bridgehead atoms. The molecule has 1 N–H and O–H groups in total. The van der Waals surface area contributed by atoms with Crippen LogP contribution in [0.2, 0.25) is 0 Å². The summed E-state index contributed by atoms with van der Waals surface area (Å²) in [5.41, 5.74) is 2.79. The molecule has 5 nitrogen and oxygen atoms in total. The van der Waals surface area contributed by atoms with E-state index in [1.807, 2.05) is 55.5 Å². The quantitative estimate of drug-likeness (QED) is 0.646. The lowest BCUT2D eigenvalue weighted by Crippen LogP contribution is -2.37. The lowest BCUT2D eigenvalue weighted by atomic mass is 10.1. The van der Waals surface area contributed by atoms with Crippen LogP contribution in [0.1, 0.15) is 30.5 Å². The molecule has 3 aromatic carbocycles. The van der Waals surface area contributed by atoms with E-state index in [9.17, 15) is 9.59 Å². The first-order chi connectivity index (χ1) is 14.0. The number of amides is 2. The van der Waals surface area contributed by atoms with Gasteiger partial charge in [0.25, 0.3) is 5.91 Å². The molecule has 1 heterocycles. The first-order valence-corrected chi connectivity index (χ1v) is 9.84. The normalized spacial score (nSPS) is 15.4. The van der Waals surface area contributed by atoms with Gasteiger partial charge in [-0.05, 0) is 30.9 Å². The van der Waals surface area contributed by atoms with E-state index < -0.39 is 6.04 Å². The SMILES string of the molecule is CC(=O)N[C@H]1C(=O)N(CCCOc2cccc3ccccc23)c2ccc(C)cc21. The number of hydrogen-bond donors (Lipinski definition) is 1. The van der Waals surface area contributed by atoms with Crippen molar-refractivity contribution in [2.24, 2.45) is 0 Å². The van der Waals surface area contributed by atoms with Gasteiger partial charge in [-0.1, -0.05) is 54.1 Å². The number of carbonyl (C=O) groups is 2. The van der Waals surface area contributed by atoms with Crippen molar-refractivity contribution in [3.8, 4) is 5.75 Å². The van der Waals surface area contributed by atoms with Crippen molar-refractivity contribution in [2.45, 2.75) is 26.3 Å². The predicted octanol–water partition coefficient (Wildman–Crippen LogP) is 4.14. The van der Waals surface area contributed by atoms with Crippen LogP contribution in [0.25, 0.3) is 10.8 Å². The zero-order valence-electron chi connectivity index (χ0n) is 16.6. The van der Waals surface area contributed by atoms with E-state index in [2.05, 4.69) is 17.4 Å². The number of rotatable bonds is 6. The highest BCUT2D eigenvalue weighted by atomic mass is 16.5. The van der Waals surface area contributed by atoms with Crippen molar-refractivity contribution in [3.63, 3.8) is 0 Å². The highest BCUT2D eigenvalue weighted by Crippen LogP contribution is 2.36. The van der Waals surface area contributed by atoms with Gasteiger partial charge < -0.3 is 15.0 Å². The summed E-state index contributed by atoms with van der Waals surface area (Å²) < 4.78 is 6.01. The predicted molar refractivity (Wildman–Crippen MR) is 114 cm³/mol. The molecule has 0 saturated heterocycles. The lowest BCUT2D eigenvalue weighted by molar-refractivity contribution is -0.126. The Morgan fingerprint density at radius 1 is 1.10 bits per heavy atom. The Morgan fingerprint density at radius 2 is 1.90 bits per heavy atom. The van der Waals surface area contributed by atoms with Crippen LogP contribution in [0.3, 0.4) is 0 Å². The van der Waals surface area contributed by atoms with Crippen LogP contribution in [-0.2, 0) is 9.59 Å². The zero-order chi connectivity index (χ0) is 20.4. The fourth-order valence-corrected chi connectivity index (χ4v) is 3.86. The van der Waals surface area contributed by atoms with Crippen molar-refractivity contribution in [2.75, 3.05) is 18.1 Å². The number of aryl methyl sites for hydroxylation is 1. The Hall–Kier alpha value is -3.34. The molecule has 1 aliphatic rings. The van der Waals surface area contributed by atoms with E-state index in [0.29, 0.717) is 19.6 Å². The average molecular weight is 388 g/mol. The molecule has 0 saturated carbocycles. The number of benzene rings is 3. The Labute approximate surface area is 170 Å². The Morgan fingerprint density at radius 3 is 2.72 bits per heavy atom. The molecule has 1 atom stereocenters. The van der Waals surface area contributed by atoms with E-state index in [-0.39, 0.29) is 11.8 Å². The second-order valence-corrected chi connectivity index (χ2v) is 7.36. The van der Waals surface area contributed by atoms with Gasteiger partial charge in [-0.25, -0.2) is 0 Å². The summed E-state index contributed by atoms with van der Waals surface area (Å²) in [5, 5.41) is 5.00. The molecule has 0 fully saturated rings. The molecule has 1 aliphatic heterocycles. The van der Waals surface area contributed by atoms with Crippen molar-refractivity contribution in [3.05, 3.63) is 71.8 Å². The fourth-order valence-electron chi connectivity index (χ4n) is 3.86. The monoisotopic (exact) mass is 388 g/mol. The summed E-state index contributed by atoms with van der Waals surface area (Å²) in [7, 11) is 0. The van der Waals surface area contributed by atoms with Crippen molar-refractivity contribution in [1.29, 1.82) is 0 Å². The topological polar surface area (TPSA) is 58.6 Å². The molecule has 0 unspecified atom stereocenters. The molecular weight excluding hydrogens is 364 g/mol. The lowest BCUT2D eigenvalue weighted by Gasteiger charge is -2.18. The maximum absolute atomic E-state index is 12.9. The Balaban J connectivity index is 1.44. The van der Waals surface area contributed by atoms with Gasteiger partial charge >= 0.3 is 0 Å². The summed E-state index contributed by atoms with van der Waals surface area (Å²) in [6.07, 6.45) is 0.690. The van der Waals surface area contributed by atoms with Crippen molar-refractivity contribution < 1.29 is 14.3 Å². The molecule has 0 spiro atoms. The molecule has 148 valence electrons. The first-order valence-electron chi connectivity index (χ1n) is 9.84. The molecule has 3 aromatic rings. The van der Waals surface area contributed by atoms with Gasteiger partial charge in [-0.2, -0.15) is 0 Å². The molecule has 0 aromatic heterocycles. The minimum Gasteiger partial charge on any atom is -0.493 e. The third-order valence-corrected chi connectivity index (χ3v) is 5.18. The van der Waals surface area contributed by atoms with Gasteiger partial charge in [0.05, 0.1) is 6.61 Å². The first kappa shape index (κ1) is 19.0. The Kier molecular flexibility index (Phi) is 5.21. The number of carbonyl (C=O) groups excluding carboxylic acids is 2. The van der Waals surface area contributed by atoms with Gasteiger partial charge in [0.1, 0.15) is 11.8 Å². The van der Waals surface area contributed by atoms with Crippen molar-refractivity contribution in [1.82, 2.24) is 5.32 Å². The van der Waals surface area contributed by atoms with Gasteiger partial charge in [-0.15, -0.1) is 0 Å². The van der Waals surface area contributed by atoms with Crippen LogP contribution >= 0.6 is 0 Å². The van der Waals surface area contributed by atoms with E-state index >= 15 is 0 Å². The molecular formula is C24H24N2O3. The molecule has 2 amide bonds. The highest BCUT2D eigenvalue weighted by Gasteiger charge is 2.37. The van der Waals surface area contributed by atoms with E-state index in [0.717, 1.165) is 33.3 Å². The number of nitrogens with one attached hydrogen (secondary N) is 1. The number of hydrogen-bond acceptors (Lipinski definition) is 3. The summed E-state index contributed by atoms with van der Waals surface area (Å²) >= 11 is 0. The molecule has 29 heavy (non-hydrogen) atoms. The van der Waals surface area contributed by atoms with Gasteiger partial charge in [0.2, 0.25) is 5.91 Å². The smallest absolute Gasteiger partial charge is 0.254 e.